The molecule has 0 amide bonds. The summed E-state index contributed by atoms with van der Waals surface area (Å²) in [6.07, 6.45) is 0. The van der Waals surface area contributed by atoms with Gasteiger partial charge in [0, 0.05) is 5.56 Å². The lowest BCUT2D eigenvalue weighted by atomic mass is 10.1. The first-order valence-electron chi connectivity index (χ1n) is 9.70. The minimum absolute atomic E-state index is 0.0269. The first kappa shape index (κ1) is 20.8. The summed E-state index contributed by atoms with van der Waals surface area (Å²) in [4.78, 5) is 16.1. The van der Waals surface area contributed by atoms with E-state index in [9.17, 15) is 15.0 Å². The van der Waals surface area contributed by atoms with E-state index < -0.39 is 0 Å². The molecule has 152 valence electrons. The van der Waals surface area contributed by atoms with Gasteiger partial charge in [0.05, 0.1) is 16.8 Å². The summed E-state index contributed by atoms with van der Waals surface area (Å²) in [5, 5.41) is 25.0. The predicted octanol–water partition coefficient (Wildman–Crippen LogP) is 5.24. The molecule has 0 aliphatic heterocycles. The highest BCUT2D eigenvalue weighted by Gasteiger charge is 2.19. The number of hydrogen-bond acceptors (Lipinski definition) is 5. The Balaban J connectivity index is 0.00000124. The first-order valence-corrected chi connectivity index (χ1v) is 9.70. The number of carbonyl (C=O) groups is 1. The van der Waals surface area contributed by atoms with Crippen molar-refractivity contribution in [3.8, 4) is 40.0 Å². The molecule has 0 saturated heterocycles. The van der Waals surface area contributed by atoms with Crippen LogP contribution in [0.4, 0.5) is 0 Å². The number of rotatable bonds is 4. The van der Waals surface area contributed by atoms with Crippen LogP contribution in [0.15, 0.2) is 72.8 Å². The van der Waals surface area contributed by atoms with Crippen molar-refractivity contribution in [1.29, 1.82) is 0 Å². The van der Waals surface area contributed by atoms with E-state index in [1.165, 1.54) is 6.92 Å². The van der Waals surface area contributed by atoms with E-state index in [0.717, 1.165) is 0 Å². The van der Waals surface area contributed by atoms with Crippen molar-refractivity contribution in [2.24, 2.45) is 0 Å². The van der Waals surface area contributed by atoms with Gasteiger partial charge < -0.3 is 10.2 Å². The van der Waals surface area contributed by atoms with Gasteiger partial charge in [0.1, 0.15) is 11.5 Å². The highest BCUT2D eigenvalue weighted by molar-refractivity contribution is 5.94. The highest BCUT2D eigenvalue weighted by atomic mass is 16.3. The predicted molar refractivity (Wildman–Crippen MR) is 117 cm³/mol. The van der Waals surface area contributed by atoms with Crippen molar-refractivity contribution < 1.29 is 15.0 Å². The van der Waals surface area contributed by atoms with Crippen LogP contribution in [0.1, 0.15) is 31.1 Å². The molecule has 0 aliphatic rings. The van der Waals surface area contributed by atoms with Crippen LogP contribution in [-0.2, 0) is 0 Å². The molecule has 6 nitrogen and oxygen atoms in total. The van der Waals surface area contributed by atoms with Crippen molar-refractivity contribution in [1.82, 2.24) is 14.8 Å². The third-order valence-corrected chi connectivity index (χ3v) is 4.42. The Labute approximate surface area is 175 Å². The summed E-state index contributed by atoms with van der Waals surface area (Å²) >= 11 is 0. The van der Waals surface area contributed by atoms with Gasteiger partial charge in [0.15, 0.2) is 17.4 Å². The standard InChI is InChI=1S/C22H17N3O3.C2H6/c1-14(26)15-10-12-16(13-11-15)25-22(18-7-3-5-9-20(18)28)23-21(24-25)17-6-2-4-8-19(17)27;1-2/h2-13,27-28H,1H3;1-2H3. The van der Waals surface area contributed by atoms with Crippen LogP contribution < -0.4 is 0 Å². The van der Waals surface area contributed by atoms with Gasteiger partial charge in [-0.15, -0.1) is 5.10 Å². The molecule has 4 aromatic rings. The average molecular weight is 401 g/mol. The van der Waals surface area contributed by atoms with Crippen LogP contribution in [-0.4, -0.2) is 30.8 Å². The van der Waals surface area contributed by atoms with Crippen LogP contribution in [0.2, 0.25) is 0 Å². The van der Waals surface area contributed by atoms with Gasteiger partial charge in [-0.25, -0.2) is 9.67 Å². The molecule has 2 N–H and O–H groups in total. The topological polar surface area (TPSA) is 88.2 Å². The van der Waals surface area contributed by atoms with E-state index in [4.69, 9.17) is 0 Å². The Bertz CT molecular complexity index is 1160. The smallest absolute Gasteiger partial charge is 0.185 e. The van der Waals surface area contributed by atoms with E-state index in [-0.39, 0.29) is 17.3 Å². The van der Waals surface area contributed by atoms with Crippen LogP contribution in [0.5, 0.6) is 11.5 Å². The van der Waals surface area contributed by atoms with Gasteiger partial charge >= 0.3 is 0 Å². The molecule has 0 fully saturated rings. The molecular weight excluding hydrogens is 378 g/mol. The number of phenolic OH excluding ortho intramolecular Hbond substituents is 2. The number of aromatic nitrogens is 3. The summed E-state index contributed by atoms with van der Waals surface area (Å²) < 4.78 is 1.58. The summed E-state index contributed by atoms with van der Waals surface area (Å²) in [6.45, 7) is 5.51. The number of hydrogen-bond donors (Lipinski definition) is 2. The normalized spacial score (nSPS) is 10.2. The maximum Gasteiger partial charge on any atom is 0.185 e. The summed E-state index contributed by atoms with van der Waals surface area (Å²) in [7, 11) is 0. The fourth-order valence-corrected chi connectivity index (χ4v) is 2.94. The number of para-hydroxylation sites is 2. The van der Waals surface area contributed by atoms with Crippen molar-refractivity contribution in [3.63, 3.8) is 0 Å². The molecule has 0 saturated carbocycles. The van der Waals surface area contributed by atoms with Crippen molar-refractivity contribution >= 4 is 5.78 Å². The molecule has 30 heavy (non-hydrogen) atoms. The zero-order chi connectivity index (χ0) is 21.7. The number of aromatic hydroxyl groups is 2. The zero-order valence-electron chi connectivity index (χ0n) is 17.1. The first-order chi connectivity index (χ1) is 14.5. The average Bonchev–Trinajstić information content (AvgIpc) is 3.21. The van der Waals surface area contributed by atoms with Crippen LogP contribution in [0, 0.1) is 0 Å². The van der Waals surface area contributed by atoms with Crippen molar-refractivity contribution in [3.05, 3.63) is 78.4 Å². The molecule has 1 aromatic heterocycles. The van der Waals surface area contributed by atoms with E-state index in [0.29, 0.717) is 34.0 Å². The second-order valence-electron chi connectivity index (χ2n) is 6.31. The van der Waals surface area contributed by atoms with E-state index >= 15 is 0 Å². The molecule has 0 unspecified atom stereocenters. The molecule has 0 bridgehead atoms. The lowest BCUT2D eigenvalue weighted by Gasteiger charge is -2.07. The molecule has 0 radical (unpaired) electrons. The second kappa shape index (κ2) is 9.05. The number of nitrogens with zero attached hydrogens (tertiary/aromatic N) is 3. The summed E-state index contributed by atoms with van der Waals surface area (Å²) in [5.41, 5.74) is 2.26. The monoisotopic (exact) mass is 401 g/mol. The molecule has 3 aromatic carbocycles. The van der Waals surface area contributed by atoms with Gasteiger partial charge in [-0.3, -0.25) is 4.79 Å². The molecule has 6 heteroatoms. The largest absolute Gasteiger partial charge is 0.507 e. The molecule has 0 atom stereocenters. The molecule has 0 aliphatic carbocycles. The number of carbonyl (C=O) groups excluding carboxylic acids is 1. The van der Waals surface area contributed by atoms with Crippen LogP contribution >= 0.6 is 0 Å². The minimum Gasteiger partial charge on any atom is -0.507 e. The minimum atomic E-state index is -0.0269. The van der Waals surface area contributed by atoms with E-state index in [2.05, 4.69) is 10.1 Å². The van der Waals surface area contributed by atoms with Crippen LogP contribution in [0.3, 0.4) is 0 Å². The Morgan fingerprint density at radius 3 is 1.87 bits per heavy atom. The Morgan fingerprint density at radius 1 is 0.800 bits per heavy atom. The SMILES string of the molecule is CC.CC(=O)c1ccc(-n2nc(-c3ccccc3O)nc2-c2ccccc2O)cc1. The van der Waals surface area contributed by atoms with E-state index in [1.54, 1.807) is 77.5 Å². The van der Waals surface area contributed by atoms with E-state index in [1.807, 2.05) is 13.8 Å². The maximum atomic E-state index is 11.6. The number of Topliss-reactive ketones (excluding diaryl/α,β-unsaturated/α-hetero) is 1. The Morgan fingerprint density at radius 2 is 1.33 bits per heavy atom. The van der Waals surface area contributed by atoms with Gasteiger partial charge in [0.2, 0.25) is 0 Å². The fourth-order valence-electron chi connectivity index (χ4n) is 2.94. The maximum absolute atomic E-state index is 11.6. The van der Waals surface area contributed by atoms with Gasteiger partial charge in [-0.05, 0) is 55.5 Å². The number of ketones is 1. The quantitative estimate of drug-likeness (QED) is 0.457. The number of benzene rings is 3. The Kier molecular flexibility index (Phi) is 6.27. The van der Waals surface area contributed by atoms with Gasteiger partial charge in [0.25, 0.3) is 0 Å². The second-order valence-corrected chi connectivity index (χ2v) is 6.31. The lowest BCUT2D eigenvalue weighted by molar-refractivity contribution is 0.101. The summed E-state index contributed by atoms with van der Waals surface area (Å²) in [6, 6.07) is 20.6. The summed E-state index contributed by atoms with van der Waals surface area (Å²) in [5.74, 6) is 0.857. The fraction of sp³-hybridized carbons (Fsp3) is 0.125. The highest BCUT2D eigenvalue weighted by Crippen LogP contribution is 2.33. The van der Waals surface area contributed by atoms with Crippen molar-refractivity contribution in [2.75, 3.05) is 0 Å². The lowest BCUT2D eigenvalue weighted by Crippen LogP contribution is -2.01. The molecular formula is C24H23N3O3. The number of phenols is 2. The third kappa shape index (κ3) is 4.07. The molecule has 4 rings (SSSR count). The van der Waals surface area contributed by atoms with Gasteiger partial charge in [-0.2, -0.15) is 0 Å². The zero-order valence-corrected chi connectivity index (χ0v) is 17.1. The van der Waals surface area contributed by atoms with Crippen molar-refractivity contribution in [2.45, 2.75) is 20.8 Å². The third-order valence-electron chi connectivity index (χ3n) is 4.42. The van der Waals surface area contributed by atoms with Crippen LogP contribution in [0.25, 0.3) is 28.5 Å². The molecule has 1 heterocycles. The molecule has 0 spiro atoms. The Hall–Kier alpha value is -3.93. The van der Waals surface area contributed by atoms with Gasteiger partial charge in [-0.1, -0.05) is 38.1 Å².